The summed E-state index contributed by atoms with van der Waals surface area (Å²) in [5.41, 5.74) is 2.90. The number of aldehydes is 1. The molecule has 0 atom stereocenters. The summed E-state index contributed by atoms with van der Waals surface area (Å²) in [6, 6.07) is 10.0. The third-order valence-corrected chi connectivity index (χ3v) is 3.29. The molecule has 0 radical (unpaired) electrons. The Hall–Kier alpha value is -1.61. The fraction of sp³-hybridized carbons (Fsp3) is 0.286. The van der Waals surface area contributed by atoms with E-state index in [1.165, 1.54) is 0 Å². The molecule has 0 aliphatic heterocycles. The predicted molar refractivity (Wildman–Crippen MR) is 71.9 cm³/mol. The van der Waals surface area contributed by atoms with E-state index in [9.17, 15) is 4.79 Å². The van der Waals surface area contributed by atoms with Crippen LogP contribution in [-0.4, -0.2) is 16.1 Å². The fourth-order valence-electron chi connectivity index (χ4n) is 1.96. The Morgan fingerprint density at radius 3 is 2.67 bits per heavy atom. The number of rotatable bonds is 5. The van der Waals surface area contributed by atoms with Gasteiger partial charge >= 0.3 is 0 Å². The molecule has 3 nitrogen and oxygen atoms in total. The predicted octanol–water partition coefficient (Wildman–Crippen LogP) is 2.89. The maximum atomic E-state index is 10.7. The smallest absolute Gasteiger partial charge is 0.131 e. The third-order valence-electron chi connectivity index (χ3n) is 2.86. The lowest BCUT2D eigenvalue weighted by atomic mass is 10.1. The van der Waals surface area contributed by atoms with Crippen molar-refractivity contribution in [3.8, 4) is 0 Å². The van der Waals surface area contributed by atoms with E-state index >= 15 is 0 Å². The van der Waals surface area contributed by atoms with E-state index in [4.69, 9.17) is 11.6 Å². The van der Waals surface area contributed by atoms with Crippen molar-refractivity contribution < 1.29 is 4.79 Å². The van der Waals surface area contributed by atoms with Gasteiger partial charge in [-0.2, -0.15) is 5.10 Å². The van der Waals surface area contributed by atoms with Gasteiger partial charge in [0.15, 0.2) is 0 Å². The van der Waals surface area contributed by atoms with E-state index in [-0.39, 0.29) is 0 Å². The van der Waals surface area contributed by atoms with Crippen LogP contribution < -0.4 is 0 Å². The molecule has 2 aromatic rings. The van der Waals surface area contributed by atoms with Gasteiger partial charge in [0.05, 0.1) is 12.2 Å². The van der Waals surface area contributed by atoms with Gasteiger partial charge in [-0.15, -0.1) is 0 Å². The standard InChI is InChI=1S/C14H15ClN2O/c1-2-13-12(8-9-18)14(15)17(16-13)10-11-6-4-3-5-7-11/h3-7,9H,2,8,10H2,1H3. The summed E-state index contributed by atoms with van der Waals surface area (Å²) in [6.45, 7) is 2.64. The maximum absolute atomic E-state index is 10.7. The van der Waals surface area contributed by atoms with Crippen LogP contribution in [0.4, 0.5) is 0 Å². The Balaban J connectivity index is 2.31. The molecule has 0 N–H and O–H groups in total. The largest absolute Gasteiger partial charge is 0.303 e. The van der Waals surface area contributed by atoms with Crippen LogP contribution in [0.1, 0.15) is 23.7 Å². The first kappa shape index (κ1) is 12.8. The van der Waals surface area contributed by atoms with E-state index in [1.807, 2.05) is 37.3 Å². The van der Waals surface area contributed by atoms with E-state index in [1.54, 1.807) is 4.68 Å². The molecule has 94 valence electrons. The van der Waals surface area contributed by atoms with Crippen molar-refractivity contribution in [3.05, 3.63) is 52.3 Å². The van der Waals surface area contributed by atoms with Gasteiger partial charge in [0.25, 0.3) is 0 Å². The Bertz CT molecular complexity index is 534. The van der Waals surface area contributed by atoms with Crippen LogP contribution in [0.2, 0.25) is 5.15 Å². The molecular formula is C14H15ClN2O. The van der Waals surface area contributed by atoms with Gasteiger partial charge in [-0.3, -0.25) is 0 Å². The second-order valence-corrected chi connectivity index (χ2v) is 4.44. The number of benzene rings is 1. The zero-order valence-corrected chi connectivity index (χ0v) is 11.0. The molecule has 2 rings (SSSR count). The van der Waals surface area contributed by atoms with Crippen LogP contribution in [0.15, 0.2) is 30.3 Å². The molecule has 4 heteroatoms. The Morgan fingerprint density at radius 2 is 2.06 bits per heavy atom. The van der Waals surface area contributed by atoms with Crippen molar-refractivity contribution in [1.29, 1.82) is 0 Å². The molecule has 1 aromatic heterocycles. The molecule has 0 saturated heterocycles. The van der Waals surface area contributed by atoms with Gasteiger partial charge < -0.3 is 4.79 Å². The highest BCUT2D eigenvalue weighted by atomic mass is 35.5. The summed E-state index contributed by atoms with van der Waals surface area (Å²) in [6.07, 6.45) is 1.98. The monoisotopic (exact) mass is 262 g/mol. The normalized spacial score (nSPS) is 10.6. The second-order valence-electron chi connectivity index (χ2n) is 4.08. The van der Waals surface area contributed by atoms with E-state index in [0.717, 1.165) is 29.5 Å². The number of carbonyl (C=O) groups is 1. The number of aryl methyl sites for hydroxylation is 1. The first-order valence-electron chi connectivity index (χ1n) is 5.97. The molecule has 0 aliphatic rings. The van der Waals surface area contributed by atoms with Crippen molar-refractivity contribution >= 4 is 17.9 Å². The Morgan fingerprint density at radius 1 is 1.33 bits per heavy atom. The third kappa shape index (κ3) is 2.62. The quantitative estimate of drug-likeness (QED) is 0.777. The van der Waals surface area contributed by atoms with Crippen molar-refractivity contribution in [2.24, 2.45) is 0 Å². The molecule has 0 unspecified atom stereocenters. The first-order valence-corrected chi connectivity index (χ1v) is 6.35. The molecule has 0 amide bonds. The average molecular weight is 263 g/mol. The molecule has 1 heterocycles. The summed E-state index contributed by atoms with van der Waals surface area (Å²) in [5, 5.41) is 5.04. The molecule has 0 aliphatic carbocycles. The number of halogens is 1. The number of hydrogen-bond donors (Lipinski definition) is 0. The minimum absolute atomic E-state index is 0.330. The molecule has 1 aromatic carbocycles. The summed E-state index contributed by atoms with van der Waals surface area (Å²) < 4.78 is 1.76. The van der Waals surface area contributed by atoms with Crippen molar-refractivity contribution in [3.63, 3.8) is 0 Å². The molecule has 0 spiro atoms. The highest BCUT2D eigenvalue weighted by Crippen LogP contribution is 2.21. The van der Waals surface area contributed by atoms with Gasteiger partial charge in [-0.25, -0.2) is 4.68 Å². The Kier molecular flexibility index (Phi) is 4.15. The summed E-state index contributed by atoms with van der Waals surface area (Å²) in [4.78, 5) is 10.7. The zero-order chi connectivity index (χ0) is 13.0. The van der Waals surface area contributed by atoms with Crippen molar-refractivity contribution in [2.75, 3.05) is 0 Å². The maximum Gasteiger partial charge on any atom is 0.131 e. The van der Waals surface area contributed by atoms with Crippen LogP contribution >= 0.6 is 11.6 Å². The van der Waals surface area contributed by atoms with Crippen molar-refractivity contribution in [2.45, 2.75) is 26.3 Å². The highest BCUT2D eigenvalue weighted by Gasteiger charge is 2.14. The second kappa shape index (κ2) is 5.83. The van der Waals surface area contributed by atoms with Gasteiger partial charge in [0, 0.05) is 12.0 Å². The van der Waals surface area contributed by atoms with Crippen LogP contribution in [0.5, 0.6) is 0 Å². The fourth-order valence-corrected chi connectivity index (χ4v) is 2.24. The molecule has 18 heavy (non-hydrogen) atoms. The van der Waals surface area contributed by atoms with Crippen molar-refractivity contribution in [1.82, 2.24) is 9.78 Å². The first-order chi connectivity index (χ1) is 8.76. The van der Waals surface area contributed by atoms with Gasteiger partial charge in [0.1, 0.15) is 11.4 Å². The van der Waals surface area contributed by atoms with Crippen LogP contribution in [0, 0.1) is 0 Å². The molecule has 0 bridgehead atoms. The lowest BCUT2D eigenvalue weighted by Gasteiger charge is -2.03. The average Bonchev–Trinajstić information content (AvgIpc) is 2.69. The van der Waals surface area contributed by atoms with Gasteiger partial charge in [0.2, 0.25) is 0 Å². The minimum Gasteiger partial charge on any atom is -0.303 e. The minimum atomic E-state index is 0.330. The summed E-state index contributed by atoms with van der Waals surface area (Å²) >= 11 is 6.28. The highest BCUT2D eigenvalue weighted by molar-refractivity contribution is 6.30. The Labute approximate surface area is 111 Å². The van der Waals surface area contributed by atoms with Crippen LogP contribution in [0.3, 0.4) is 0 Å². The van der Waals surface area contributed by atoms with Crippen LogP contribution in [-0.2, 0) is 24.2 Å². The summed E-state index contributed by atoms with van der Waals surface area (Å²) in [5.74, 6) is 0. The SMILES string of the molecule is CCc1nn(Cc2ccccc2)c(Cl)c1CC=O. The molecule has 0 fully saturated rings. The van der Waals surface area contributed by atoms with Crippen LogP contribution in [0.25, 0.3) is 0 Å². The number of aromatic nitrogens is 2. The molecule has 0 saturated carbocycles. The van der Waals surface area contributed by atoms with E-state index in [2.05, 4.69) is 5.10 Å². The number of nitrogens with zero attached hydrogens (tertiary/aromatic N) is 2. The lowest BCUT2D eigenvalue weighted by molar-refractivity contribution is -0.107. The van der Waals surface area contributed by atoms with Gasteiger partial charge in [-0.1, -0.05) is 48.9 Å². The van der Waals surface area contributed by atoms with E-state index < -0.39 is 0 Å². The van der Waals surface area contributed by atoms with Gasteiger partial charge in [-0.05, 0) is 12.0 Å². The molecular weight excluding hydrogens is 248 g/mol. The topological polar surface area (TPSA) is 34.9 Å². The zero-order valence-electron chi connectivity index (χ0n) is 10.3. The lowest BCUT2D eigenvalue weighted by Crippen LogP contribution is -2.02. The number of carbonyl (C=O) groups excluding carboxylic acids is 1. The van der Waals surface area contributed by atoms with E-state index in [0.29, 0.717) is 18.1 Å². The number of hydrogen-bond acceptors (Lipinski definition) is 2. The summed E-state index contributed by atoms with van der Waals surface area (Å²) in [7, 11) is 0.